The second-order valence-electron chi connectivity index (χ2n) is 5.33. The van der Waals surface area contributed by atoms with Gasteiger partial charge in [-0.25, -0.2) is 4.98 Å². The Kier molecular flexibility index (Phi) is 2.67. The molecule has 1 aliphatic rings. The Hall–Kier alpha value is -1.76. The van der Waals surface area contributed by atoms with Crippen molar-refractivity contribution in [1.82, 2.24) is 19.3 Å². The molecule has 1 saturated carbocycles. The monoisotopic (exact) mass is 277 g/mol. The number of nitrogens with zero attached hydrogens (tertiary/aromatic N) is 4. The highest BCUT2D eigenvalue weighted by molar-refractivity contribution is 7.80. The van der Waals surface area contributed by atoms with Crippen molar-refractivity contribution in [2.24, 2.45) is 18.2 Å². The molecule has 3 rings (SSSR count). The highest BCUT2D eigenvalue weighted by Gasteiger charge is 2.43. The lowest BCUT2D eigenvalue weighted by Gasteiger charge is -2.15. The molecule has 2 aromatic heterocycles. The number of aromatic nitrogens is 4. The van der Waals surface area contributed by atoms with Gasteiger partial charge < -0.3 is 5.73 Å². The van der Waals surface area contributed by atoms with Crippen molar-refractivity contribution in [3.05, 3.63) is 22.9 Å². The van der Waals surface area contributed by atoms with E-state index in [0.717, 1.165) is 12.8 Å². The molecule has 0 bridgehead atoms. The SMILES string of the molecule is Cn1ncc2c(=O)n(CC3(CC(N)=S)CC3)cnc21. The third-order valence-electron chi connectivity index (χ3n) is 3.73. The minimum atomic E-state index is -0.0488. The number of hydrogen-bond acceptors (Lipinski definition) is 4. The zero-order valence-electron chi connectivity index (χ0n) is 10.7. The summed E-state index contributed by atoms with van der Waals surface area (Å²) in [5, 5.41) is 4.61. The van der Waals surface area contributed by atoms with Crippen LogP contribution in [0.25, 0.3) is 11.0 Å². The summed E-state index contributed by atoms with van der Waals surface area (Å²) >= 11 is 4.97. The second-order valence-corrected chi connectivity index (χ2v) is 5.85. The fourth-order valence-corrected chi connectivity index (χ4v) is 2.78. The van der Waals surface area contributed by atoms with Gasteiger partial charge in [-0.2, -0.15) is 5.10 Å². The Bertz CT molecular complexity index is 712. The van der Waals surface area contributed by atoms with Crippen LogP contribution in [-0.4, -0.2) is 24.3 Å². The van der Waals surface area contributed by atoms with Gasteiger partial charge >= 0.3 is 0 Å². The first-order valence-electron chi connectivity index (χ1n) is 6.16. The minimum Gasteiger partial charge on any atom is -0.393 e. The van der Waals surface area contributed by atoms with Crippen LogP contribution in [0.15, 0.2) is 17.3 Å². The van der Waals surface area contributed by atoms with Crippen molar-refractivity contribution in [1.29, 1.82) is 0 Å². The Morgan fingerprint density at radius 1 is 1.58 bits per heavy atom. The van der Waals surface area contributed by atoms with E-state index in [0.29, 0.717) is 29.0 Å². The number of aryl methyl sites for hydroxylation is 1. The van der Waals surface area contributed by atoms with E-state index in [-0.39, 0.29) is 11.0 Å². The van der Waals surface area contributed by atoms with Gasteiger partial charge in [-0.3, -0.25) is 14.0 Å². The zero-order chi connectivity index (χ0) is 13.6. The van der Waals surface area contributed by atoms with E-state index >= 15 is 0 Å². The summed E-state index contributed by atoms with van der Waals surface area (Å²) in [6.07, 6.45) is 5.96. The number of fused-ring (bicyclic) bond motifs is 1. The van der Waals surface area contributed by atoms with Gasteiger partial charge in [-0.05, 0) is 18.3 Å². The van der Waals surface area contributed by atoms with Crippen molar-refractivity contribution in [3.8, 4) is 0 Å². The smallest absolute Gasteiger partial charge is 0.264 e. The van der Waals surface area contributed by atoms with Crippen molar-refractivity contribution in [2.75, 3.05) is 0 Å². The maximum Gasteiger partial charge on any atom is 0.264 e. The lowest BCUT2D eigenvalue weighted by Crippen LogP contribution is -2.27. The molecule has 19 heavy (non-hydrogen) atoms. The quantitative estimate of drug-likeness (QED) is 0.827. The maximum absolute atomic E-state index is 12.3. The molecule has 0 aromatic carbocycles. The lowest BCUT2D eigenvalue weighted by atomic mass is 10.0. The Labute approximate surface area is 115 Å². The van der Waals surface area contributed by atoms with E-state index in [1.807, 2.05) is 0 Å². The van der Waals surface area contributed by atoms with Gasteiger partial charge in [0.25, 0.3) is 5.56 Å². The van der Waals surface area contributed by atoms with Gasteiger partial charge in [0, 0.05) is 20.0 Å². The van der Waals surface area contributed by atoms with Crippen LogP contribution in [0.4, 0.5) is 0 Å². The number of rotatable bonds is 4. The molecular formula is C12H15N5OS. The molecule has 0 amide bonds. The first-order valence-corrected chi connectivity index (χ1v) is 6.57. The van der Waals surface area contributed by atoms with E-state index in [2.05, 4.69) is 10.1 Å². The molecule has 1 fully saturated rings. The molecule has 2 heterocycles. The predicted octanol–water partition coefficient (Wildman–Crippen LogP) is 0.586. The Balaban J connectivity index is 1.96. The Morgan fingerprint density at radius 2 is 2.32 bits per heavy atom. The summed E-state index contributed by atoms with van der Waals surface area (Å²) in [6, 6.07) is 0. The standard InChI is InChI=1S/C12H15N5OS/c1-16-10-8(5-15-16)11(18)17(7-14-10)6-12(2-3-12)4-9(13)19/h5,7H,2-4,6H2,1H3,(H2,13,19). The van der Waals surface area contributed by atoms with E-state index in [4.69, 9.17) is 18.0 Å². The Morgan fingerprint density at radius 3 is 2.95 bits per heavy atom. The molecule has 0 saturated heterocycles. The summed E-state index contributed by atoms with van der Waals surface area (Å²) in [5.74, 6) is 0. The average molecular weight is 277 g/mol. The molecule has 7 heteroatoms. The van der Waals surface area contributed by atoms with Gasteiger partial charge in [0.1, 0.15) is 5.39 Å². The van der Waals surface area contributed by atoms with E-state index in [1.54, 1.807) is 28.8 Å². The van der Waals surface area contributed by atoms with Crippen LogP contribution >= 0.6 is 12.2 Å². The number of hydrogen-bond donors (Lipinski definition) is 1. The van der Waals surface area contributed by atoms with Crippen LogP contribution < -0.4 is 11.3 Å². The van der Waals surface area contributed by atoms with E-state index < -0.39 is 0 Å². The molecule has 0 aliphatic heterocycles. The van der Waals surface area contributed by atoms with Crippen molar-refractivity contribution in [3.63, 3.8) is 0 Å². The zero-order valence-corrected chi connectivity index (χ0v) is 11.5. The molecule has 100 valence electrons. The molecule has 6 nitrogen and oxygen atoms in total. The summed E-state index contributed by atoms with van der Waals surface area (Å²) in [6.45, 7) is 0.626. The van der Waals surface area contributed by atoms with Crippen molar-refractivity contribution < 1.29 is 0 Å². The summed E-state index contributed by atoms with van der Waals surface area (Å²) < 4.78 is 3.25. The minimum absolute atomic E-state index is 0.0488. The van der Waals surface area contributed by atoms with Gasteiger partial charge in [0.15, 0.2) is 5.65 Å². The molecule has 0 radical (unpaired) electrons. The van der Waals surface area contributed by atoms with Gasteiger partial charge in [-0.15, -0.1) is 0 Å². The third-order valence-corrected chi connectivity index (χ3v) is 3.87. The molecule has 2 N–H and O–H groups in total. The summed E-state index contributed by atoms with van der Waals surface area (Å²) in [7, 11) is 1.77. The normalized spacial score (nSPS) is 16.7. The fourth-order valence-electron chi connectivity index (χ4n) is 2.48. The molecule has 0 atom stereocenters. The van der Waals surface area contributed by atoms with Crippen LogP contribution in [0.3, 0.4) is 0 Å². The maximum atomic E-state index is 12.3. The van der Waals surface area contributed by atoms with Gasteiger partial charge in [0.05, 0.1) is 17.5 Å². The molecule has 1 aliphatic carbocycles. The molecule has 0 unspecified atom stereocenters. The first kappa shape index (κ1) is 12.3. The molecule has 2 aromatic rings. The number of thiocarbonyl (C=S) groups is 1. The van der Waals surface area contributed by atoms with Crippen LogP contribution in [0, 0.1) is 5.41 Å². The molecule has 0 spiro atoms. The van der Waals surface area contributed by atoms with E-state index in [9.17, 15) is 4.79 Å². The second kappa shape index (κ2) is 4.12. The van der Waals surface area contributed by atoms with Crippen molar-refractivity contribution in [2.45, 2.75) is 25.8 Å². The van der Waals surface area contributed by atoms with Crippen LogP contribution in [-0.2, 0) is 13.6 Å². The van der Waals surface area contributed by atoms with Crippen LogP contribution in [0.1, 0.15) is 19.3 Å². The highest BCUT2D eigenvalue weighted by Crippen LogP contribution is 2.49. The third kappa shape index (κ3) is 2.14. The predicted molar refractivity (Wildman–Crippen MR) is 75.8 cm³/mol. The van der Waals surface area contributed by atoms with Crippen molar-refractivity contribution >= 4 is 28.2 Å². The first-order chi connectivity index (χ1) is 9.01. The highest BCUT2D eigenvalue weighted by atomic mass is 32.1. The largest absolute Gasteiger partial charge is 0.393 e. The lowest BCUT2D eigenvalue weighted by molar-refractivity contribution is 0.428. The average Bonchev–Trinajstić information content (AvgIpc) is 2.97. The fraction of sp³-hybridized carbons (Fsp3) is 0.500. The summed E-state index contributed by atoms with van der Waals surface area (Å²) in [5.41, 5.74) is 6.24. The van der Waals surface area contributed by atoms with Gasteiger partial charge in [-0.1, -0.05) is 12.2 Å². The van der Waals surface area contributed by atoms with Crippen LogP contribution in [0.5, 0.6) is 0 Å². The topological polar surface area (TPSA) is 78.7 Å². The molecular weight excluding hydrogens is 262 g/mol. The van der Waals surface area contributed by atoms with Crippen LogP contribution in [0.2, 0.25) is 0 Å². The number of nitrogens with two attached hydrogens (primary N) is 1. The summed E-state index contributed by atoms with van der Waals surface area (Å²) in [4.78, 5) is 17.1. The van der Waals surface area contributed by atoms with E-state index in [1.165, 1.54) is 0 Å². The van der Waals surface area contributed by atoms with Gasteiger partial charge in [0.2, 0.25) is 0 Å².